The lowest BCUT2D eigenvalue weighted by Crippen LogP contribution is -2.30. The van der Waals surface area contributed by atoms with E-state index in [1.54, 1.807) is 12.4 Å². The van der Waals surface area contributed by atoms with Crippen molar-refractivity contribution in [3.63, 3.8) is 0 Å². The van der Waals surface area contributed by atoms with Gasteiger partial charge in [-0.15, -0.1) is 0 Å². The van der Waals surface area contributed by atoms with Crippen molar-refractivity contribution in [2.24, 2.45) is 16.4 Å². The van der Waals surface area contributed by atoms with Gasteiger partial charge in [-0.25, -0.2) is 10.4 Å². The zero-order chi connectivity index (χ0) is 20.4. The monoisotopic (exact) mass is 386 g/mol. The third kappa shape index (κ3) is 4.34. The van der Waals surface area contributed by atoms with Crippen molar-refractivity contribution in [2.45, 2.75) is 40.0 Å². The van der Waals surface area contributed by atoms with Crippen LogP contribution in [0.25, 0.3) is 22.2 Å². The molecule has 1 aromatic carbocycles. The Morgan fingerprint density at radius 2 is 1.93 bits per heavy atom. The number of fused-ring (bicyclic) bond motifs is 1. The molecule has 4 rings (SSSR count). The van der Waals surface area contributed by atoms with Crippen molar-refractivity contribution in [1.82, 2.24) is 15.4 Å². The van der Waals surface area contributed by atoms with Crippen molar-refractivity contribution < 1.29 is 4.79 Å². The van der Waals surface area contributed by atoms with Gasteiger partial charge < -0.3 is 0 Å². The van der Waals surface area contributed by atoms with Gasteiger partial charge in [0, 0.05) is 29.1 Å². The fourth-order valence-corrected chi connectivity index (χ4v) is 4.42. The van der Waals surface area contributed by atoms with Crippen molar-refractivity contribution in [3.05, 3.63) is 60.4 Å². The minimum Gasteiger partial charge on any atom is -0.267 e. The molecule has 1 aliphatic rings. The lowest BCUT2D eigenvalue weighted by molar-refractivity contribution is 0.0955. The molecule has 29 heavy (non-hydrogen) atoms. The summed E-state index contributed by atoms with van der Waals surface area (Å²) in [5.41, 5.74) is 7.13. The standard InChI is InChI=1S/C24H26N4O/c1-16-12-18(15-24(2,3)14-16)27-28-23(29)20-13-22(17-8-10-25-11-9-17)26-21-7-5-4-6-19(20)21/h4-11,13,16H,12,14-15H2,1-3H3,(H,28,29)/b27-18-/t16-/m1/s1. The fourth-order valence-electron chi connectivity index (χ4n) is 4.42. The van der Waals surface area contributed by atoms with Crippen molar-refractivity contribution in [1.29, 1.82) is 0 Å². The highest BCUT2D eigenvalue weighted by atomic mass is 16.2. The summed E-state index contributed by atoms with van der Waals surface area (Å²) in [4.78, 5) is 21.9. The van der Waals surface area contributed by atoms with Gasteiger partial charge in [0.05, 0.1) is 16.8 Å². The Morgan fingerprint density at radius 3 is 2.69 bits per heavy atom. The van der Waals surface area contributed by atoms with E-state index in [-0.39, 0.29) is 11.3 Å². The Labute approximate surface area is 171 Å². The van der Waals surface area contributed by atoms with Crippen LogP contribution >= 0.6 is 0 Å². The van der Waals surface area contributed by atoms with Crippen LogP contribution in [-0.2, 0) is 0 Å². The Morgan fingerprint density at radius 1 is 1.17 bits per heavy atom. The normalized spacial score (nSPS) is 20.0. The molecular formula is C24H26N4O. The number of pyridine rings is 2. The lowest BCUT2D eigenvalue weighted by Gasteiger charge is -2.34. The van der Waals surface area contributed by atoms with Crippen LogP contribution in [0.15, 0.2) is 60.0 Å². The molecule has 0 aliphatic heterocycles. The van der Waals surface area contributed by atoms with Crippen LogP contribution in [0.1, 0.15) is 50.4 Å². The predicted octanol–water partition coefficient (Wildman–Crippen LogP) is 5.23. The smallest absolute Gasteiger partial charge is 0.267 e. The summed E-state index contributed by atoms with van der Waals surface area (Å²) in [5, 5.41) is 5.32. The third-order valence-corrected chi connectivity index (χ3v) is 5.42. The van der Waals surface area contributed by atoms with Gasteiger partial charge in [-0.3, -0.25) is 9.78 Å². The number of carbonyl (C=O) groups excluding carboxylic acids is 1. The van der Waals surface area contributed by atoms with E-state index in [2.05, 4.69) is 36.3 Å². The van der Waals surface area contributed by atoms with Crippen LogP contribution in [0.3, 0.4) is 0 Å². The molecule has 0 radical (unpaired) electrons. The number of benzene rings is 1. The number of rotatable bonds is 3. The number of aromatic nitrogens is 2. The maximum Gasteiger partial charge on any atom is 0.272 e. The quantitative estimate of drug-likeness (QED) is 0.627. The van der Waals surface area contributed by atoms with E-state index in [1.165, 1.54) is 6.42 Å². The van der Waals surface area contributed by atoms with E-state index in [1.807, 2.05) is 42.5 Å². The molecule has 1 fully saturated rings. The topological polar surface area (TPSA) is 67.2 Å². The second-order valence-corrected chi connectivity index (χ2v) is 8.78. The summed E-state index contributed by atoms with van der Waals surface area (Å²) in [6, 6.07) is 13.3. The zero-order valence-corrected chi connectivity index (χ0v) is 17.1. The molecule has 2 aromatic heterocycles. The number of para-hydroxylation sites is 1. The van der Waals surface area contributed by atoms with Crippen LogP contribution in [0.2, 0.25) is 0 Å². The largest absolute Gasteiger partial charge is 0.272 e. The van der Waals surface area contributed by atoms with Gasteiger partial charge in [-0.05, 0) is 54.9 Å². The summed E-state index contributed by atoms with van der Waals surface area (Å²) in [7, 11) is 0. The highest BCUT2D eigenvalue weighted by molar-refractivity contribution is 6.07. The number of hydrogen-bond donors (Lipinski definition) is 1. The second-order valence-electron chi connectivity index (χ2n) is 8.78. The van der Waals surface area contributed by atoms with Gasteiger partial charge in [-0.1, -0.05) is 39.0 Å². The Hall–Kier alpha value is -3.08. The molecule has 0 saturated heterocycles. The van der Waals surface area contributed by atoms with E-state index in [0.717, 1.165) is 40.7 Å². The number of hydrazone groups is 1. The van der Waals surface area contributed by atoms with E-state index in [9.17, 15) is 4.79 Å². The molecule has 1 N–H and O–H groups in total. The number of nitrogens with one attached hydrogen (secondary N) is 1. The number of nitrogens with zero attached hydrogens (tertiary/aromatic N) is 3. The summed E-state index contributed by atoms with van der Waals surface area (Å²) in [6.07, 6.45) is 6.48. The average molecular weight is 386 g/mol. The third-order valence-electron chi connectivity index (χ3n) is 5.42. The maximum absolute atomic E-state index is 13.1. The summed E-state index contributed by atoms with van der Waals surface area (Å²) >= 11 is 0. The van der Waals surface area contributed by atoms with Gasteiger partial charge >= 0.3 is 0 Å². The summed E-state index contributed by atoms with van der Waals surface area (Å²) in [6.45, 7) is 6.77. The van der Waals surface area contributed by atoms with Crippen LogP contribution < -0.4 is 5.43 Å². The molecule has 1 atom stereocenters. The van der Waals surface area contributed by atoms with E-state index < -0.39 is 0 Å². The van der Waals surface area contributed by atoms with Crippen molar-refractivity contribution >= 4 is 22.5 Å². The van der Waals surface area contributed by atoms with E-state index >= 15 is 0 Å². The van der Waals surface area contributed by atoms with Crippen molar-refractivity contribution in [3.8, 4) is 11.3 Å². The van der Waals surface area contributed by atoms with E-state index in [4.69, 9.17) is 4.98 Å². The van der Waals surface area contributed by atoms with Crippen LogP contribution in [0.5, 0.6) is 0 Å². The van der Waals surface area contributed by atoms with Gasteiger partial charge in [0.1, 0.15) is 0 Å². The lowest BCUT2D eigenvalue weighted by atomic mass is 9.72. The maximum atomic E-state index is 13.1. The minimum atomic E-state index is -0.206. The van der Waals surface area contributed by atoms with Gasteiger partial charge in [0.15, 0.2) is 0 Å². The molecule has 2 heterocycles. The summed E-state index contributed by atoms with van der Waals surface area (Å²) < 4.78 is 0. The molecule has 0 bridgehead atoms. The molecule has 1 amide bonds. The molecule has 0 unspecified atom stereocenters. The molecule has 0 spiro atoms. The minimum absolute atomic E-state index is 0.206. The Bertz CT molecular complexity index is 1070. The predicted molar refractivity (Wildman–Crippen MR) is 117 cm³/mol. The molecule has 5 nitrogen and oxygen atoms in total. The van der Waals surface area contributed by atoms with Gasteiger partial charge in [0.25, 0.3) is 5.91 Å². The number of amides is 1. The fraction of sp³-hybridized carbons (Fsp3) is 0.333. The number of hydrogen-bond acceptors (Lipinski definition) is 4. The number of carbonyl (C=O) groups is 1. The molecule has 3 aromatic rings. The van der Waals surface area contributed by atoms with Crippen LogP contribution in [0.4, 0.5) is 0 Å². The first-order chi connectivity index (χ1) is 13.9. The SMILES string of the molecule is C[C@@H]1C/C(=N/NC(=O)c2cc(-c3ccncc3)nc3ccccc23)CC(C)(C)C1. The van der Waals surface area contributed by atoms with Gasteiger partial charge in [-0.2, -0.15) is 5.10 Å². The van der Waals surface area contributed by atoms with Crippen molar-refractivity contribution in [2.75, 3.05) is 0 Å². The molecular weight excluding hydrogens is 360 g/mol. The Balaban J connectivity index is 1.67. The van der Waals surface area contributed by atoms with E-state index in [0.29, 0.717) is 11.5 Å². The second kappa shape index (κ2) is 7.74. The average Bonchev–Trinajstić information content (AvgIpc) is 2.70. The molecule has 5 heteroatoms. The zero-order valence-electron chi connectivity index (χ0n) is 17.1. The highest BCUT2D eigenvalue weighted by Crippen LogP contribution is 2.36. The van der Waals surface area contributed by atoms with Crippen LogP contribution in [0, 0.1) is 11.3 Å². The molecule has 1 saturated carbocycles. The Kier molecular flexibility index (Phi) is 5.14. The van der Waals surface area contributed by atoms with Gasteiger partial charge in [0.2, 0.25) is 0 Å². The first kappa shape index (κ1) is 19.2. The van der Waals surface area contributed by atoms with Crippen LogP contribution in [-0.4, -0.2) is 21.6 Å². The first-order valence-electron chi connectivity index (χ1n) is 10.1. The molecule has 1 aliphatic carbocycles. The summed E-state index contributed by atoms with van der Waals surface area (Å²) in [5.74, 6) is 0.372. The molecule has 148 valence electrons. The highest BCUT2D eigenvalue weighted by Gasteiger charge is 2.29. The first-order valence-corrected chi connectivity index (χ1v) is 10.1.